The fraction of sp³-hybridized carbons (Fsp3) is 0.333. The van der Waals surface area contributed by atoms with E-state index in [-0.39, 0.29) is 18.3 Å². The van der Waals surface area contributed by atoms with Crippen LogP contribution in [0.1, 0.15) is 26.3 Å². The lowest BCUT2D eigenvalue weighted by Crippen LogP contribution is -2.67. The largest absolute Gasteiger partial charge is 0.480 e. The van der Waals surface area contributed by atoms with Gasteiger partial charge in [-0.1, -0.05) is 112 Å². The molecule has 0 saturated heterocycles. The summed E-state index contributed by atoms with van der Waals surface area (Å²) in [5.41, 5.74) is 0.805. The van der Waals surface area contributed by atoms with Crippen LogP contribution in [0.4, 0.5) is 4.79 Å². The number of benzene rings is 3. The molecule has 7 nitrogen and oxygen atoms in total. The average Bonchev–Trinajstić information content (AvgIpc) is 2.92. The molecule has 0 heterocycles. The first-order valence-electron chi connectivity index (χ1n) is 12.6. The first-order valence-corrected chi connectivity index (χ1v) is 14.5. The van der Waals surface area contributed by atoms with E-state index in [1.165, 1.54) is 14.2 Å². The van der Waals surface area contributed by atoms with Crippen LogP contribution in [0.3, 0.4) is 0 Å². The highest BCUT2D eigenvalue weighted by Gasteiger charge is 2.51. The Hall–Kier alpha value is -3.46. The van der Waals surface area contributed by atoms with Crippen molar-refractivity contribution in [3.63, 3.8) is 0 Å². The predicted molar refractivity (Wildman–Crippen MR) is 150 cm³/mol. The van der Waals surface area contributed by atoms with Crippen molar-refractivity contribution in [3.05, 3.63) is 96.6 Å². The van der Waals surface area contributed by atoms with Crippen molar-refractivity contribution >= 4 is 30.8 Å². The van der Waals surface area contributed by atoms with Gasteiger partial charge < -0.3 is 19.0 Å². The molecule has 1 amide bonds. The van der Waals surface area contributed by atoms with Crippen LogP contribution in [-0.2, 0) is 25.3 Å². The van der Waals surface area contributed by atoms with Crippen LogP contribution in [0, 0.1) is 0 Å². The Morgan fingerprint density at radius 2 is 1.34 bits per heavy atom. The number of ether oxygens (including phenoxy) is 2. The third-order valence-electron chi connectivity index (χ3n) is 6.70. The maximum atomic E-state index is 12.8. The van der Waals surface area contributed by atoms with E-state index in [0.29, 0.717) is 0 Å². The summed E-state index contributed by atoms with van der Waals surface area (Å²) in [5.74, 6) is -1.21. The zero-order valence-corrected chi connectivity index (χ0v) is 23.7. The molecule has 0 unspecified atom stereocenters. The first kappa shape index (κ1) is 29.1. The van der Waals surface area contributed by atoms with Crippen LogP contribution in [0.15, 0.2) is 91.0 Å². The van der Waals surface area contributed by atoms with Crippen molar-refractivity contribution in [2.75, 3.05) is 20.8 Å². The Labute approximate surface area is 226 Å². The summed E-state index contributed by atoms with van der Waals surface area (Å²) in [6.07, 6.45) is -1.70. The third-order valence-corrected chi connectivity index (χ3v) is 11.7. The molecule has 0 spiro atoms. The van der Waals surface area contributed by atoms with Gasteiger partial charge in [-0.05, 0) is 21.0 Å². The van der Waals surface area contributed by atoms with Gasteiger partial charge in [-0.15, -0.1) is 0 Å². The summed E-state index contributed by atoms with van der Waals surface area (Å²) in [7, 11) is -0.105. The zero-order valence-electron chi connectivity index (χ0n) is 22.7. The van der Waals surface area contributed by atoms with Gasteiger partial charge in [0.15, 0.2) is 6.04 Å². The van der Waals surface area contributed by atoms with E-state index < -0.39 is 32.5 Å². The van der Waals surface area contributed by atoms with Gasteiger partial charge in [0.2, 0.25) is 0 Å². The second kappa shape index (κ2) is 12.9. The van der Waals surface area contributed by atoms with Gasteiger partial charge >= 0.3 is 12.1 Å². The number of amides is 1. The van der Waals surface area contributed by atoms with E-state index in [1.54, 1.807) is 0 Å². The maximum absolute atomic E-state index is 12.8. The molecule has 0 aliphatic heterocycles. The molecule has 0 bridgehead atoms. The van der Waals surface area contributed by atoms with Crippen molar-refractivity contribution in [3.8, 4) is 0 Å². The summed E-state index contributed by atoms with van der Waals surface area (Å²) in [6.45, 7) is 6.43. The molecule has 2 atom stereocenters. The Balaban J connectivity index is 1.90. The molecule has 3 aromatic carbocycles. The lowest BCUT2D eigenvalue weighted by atomic mass is 10.1. The maximum Gasteiger partial charge on any atom is 0.410 e. The molecule has 3 rings (SSSR count). The Kier molecular flexibility index (Phi) is 9.85. The number of carbonyl (C=O) groups excluding carboxylic acids is 1. The molecule has 38 heavy (non-hydrogen) atoms. The van der Waals surface area contributed by atoms with Crippen LogP contribution >= 0.6 is 0 Å². The molecule has 0 aliphatic carbocycles. The minimum Gasteiger partial charge on any atom is -0.480 e. The Morgan fingerprint density at radius 1 is 0.868 bits per heavy atom. The van der Waals surface area contributed by atoms with E-state index in [4.69, 9.17) is 13.9 Å². The number of rotatable bonds is 11. The number of likely N-dealkylation sites (N-methyl/N-ethyl adjacent to an activating group) is 1. The Bertz CT molecular complexity index is 1130. The van der Waals surface area contributed by atoms with Gasteiger partial charge in [-0.3, -0.25) is 4.90 Å². The minimum atomic E-state index is -2.94. The van der Waals surface area contributed by atoms with Gasteiger partial charge in [0.25, 0.3) is 8.32 Å². The smallest absolute Gasteiger partial charge is 0.410 e. The molecule has 0 radical (unpaired) electrons. The van der Waals surface area contributed by atoms with Crippen LogP contribution < -0.4 is 10.4 Å². The number of carboxylic acids is 1. The third kappa shape index (κ3) is 6.50. The van der Waals surface area contributed by atoms with Crippen LogP contribution in [0.5, 0.6) is 0 Å². The van der Waals surface area contributed by atoms with Gasteiger partial charge in [0, 0.05) is 14.2 Å². The molecule has 0 aromatic heterocycles. The second-order valence-corrected chi connectivity index (χ2v) is 14.5. The topological polar surface area (TPSA) is 85.3 Å². The van der Waals surface area contributed by atoms with Crippen LogP contribution in [0.25, 0.3) is 0 Å². The number of carbonyl (C=O) groups is 2. The number of nitrogens with zero attached hydrogens (tertiary/aromatic N) is 1. The van der Waals surface area contributed by atoms with Crippen molar-refractivity contribution < 1.29 is 28.6 Å². The SMILES string of the molecule is CO[C@H](CO[Si](c1ccccc1)(c1ccccc1)C(C)(C)C)[C@@H](C(=O)O)N(C)C(=O)OCc1ccccc1. The molecule has 0 fully saturated rings. The highest BCUT2D eigenvalue weighted by Crippen LogP contribution is 2.37. The number of aliphatic carboxylic acids is 1. The lowest BCUT2D eigenvalue weighted by molar-refractivity contribution is -0.148. The summed E-state index contributed by atoms with van der Waals surface area (Å²) in [5, 5.41) is 12.0. The molecule has 3 aromatic rings. The van der Waals surface area contributed by atoms with E-state index >= 15 is 0 Å². The molecular formula is C30H37NO6Si. The normalized spacial score (nSPS) is 13.4. The van der Waals surface area contributed by atoms with Crippen molar-refractivity contribution in [1.82, 2.24) is 4.90 Å². The van der Waals surface area contributed by atoms with Gasteiger partial charge in [0.05, 0.1) is 6.61 Å². The fourth-order valence-electron chi connectivity index (χ4n) is 4.77. The van der Waals surface area contributed by atoms with E-state index in [0.717, 1.165) is 20.8 Å². The van der Waals surface area contributed by atoms with E-state index in [9.17, 15) is 14.7 Å². The summed E-state index contributed by atoms with van der Waals surface area (Å²) >= 11 is 0. The zero-order chi connectivity index (χ0) is 27.8. The molecule has 0 aliphatic rings. The van der Waals surface area contributed by atoms with Crippen LogP contribution in [0.2, 0.25) is 5.04 Å². The van der Waals surface area contributed by atoms with E-state index in [1.807, 2.05) is 66.7 Å². The Morgan fingerprint density at radius 3 is 1.76 bits per heavy atom. The van der Waals surface area contributed by atoms with Crippen molar-refractivity contribution in [2.24, 2.45) is 0 Å². The van der Waals surface area contributed by atoms with Crippen molar-refractivity contribution in [2.45, 2.75) is 44.6 Å². The van der Waals surface area contributed by atoms with Gasteiger partial charge in [0.1, 0.15) is 12.7 Å². The summed E-state index contributed by atoms with van der Waals surface area (Å²) in [4.78, 5) is 26.3. The van der Waals surface area contributed by atoms with E-state index in [2.05, 4.69) is 45.0 Å². The number of carboxylic acid groups (broad SMARTS) is 1. The predicted octanol–water partition coefficient (Wildman–Crippen LogP) is 4.30. The van der Waals surface area contributed by atoms with Crippen LogP contribution in [-0.4, -0.2) is 63.3 Å². The number of methoxy groups -OCH3 is 1. The molecular weight excluding hydrogens is 498 g/mol. The van der Waals surface area contributed by atoms with Gasteiger partial charge in [-0.25, -0.2) is 9.59 Å². The lowest BCUT2D eigenvalue weighted by Gasteiger charge is -2.44. The molecule has 0 saturated carbocycles. The average molecular weight is 536 g/mol. The minimum absolute atomic E-state index is 0.0307. The fourth-order valence-corrected chi connectivity index (χ4v) is 9.34. The number of hydrogen-bond acceptors (Lipinski definition) is 5. The molecule has 202 valence electrons. The second-order valence-electron chi connectivity index (χ2n) is 10.2. The first-order chi connectivity index (χ1) is 18.1. The standard InChI is InChI=1S/C30H37NO6Si/c1-30(2,3)38(24-17-11-7-12-18-24,25-19-13-8-14-20-25)37-22-26(35-5)27(28(32)33)31(4)29(34)36-21-23-15-9-6-10-16-23/h6-20,26-27H,21-22H2,1-5H3,(H,32,33)/t26-,27+/m1/s1. The quantitative estimate of drug-likeness (QED) is 0.369. The monoisotopic (exact) mass is 535 g/mol. The van der Waals surface area contributed by atoms with Crippen molar-refractivity contribution in [1.29, 1.82) is 0 Å². The highest BCUT2D eigenvalue weighted by molar-refractivity contribution is 6.99. The summed E-state index contributed by atoms with van der Waals surface area (Å²) in [6, 6.07) is 28.0. The summed E-state index contributed by atoms with van der Waals surface area (Å²) < 4.78 is 17.9. The molecule has 8 heteroatoms. The highest BCUT2D eigenvalue weighted by atomic mass is 28.4. The molecule has 1 N–H and O–H groups in total. The van der Waals surface area contributed by atoms with Gasteiger partial charge in [-0.2, -0.15) is 0 Å². The number of hydrogen-bond donors (Lipinski definition) is 1.